The predicted molar refractivity (Wildman–Crippen MR) is 87.0 cm³/mol. The fourth-order valence-corrected chi connectivity index (χ4v) is 5.84. The van der Waals surface area contributed by atoms with Gasteiger partial charge in [0, 0.05) is 28.2 Å². The van der Waals surface area contributed by atoms with Crippen molar-refractivity contribution in [3.05, 3.63) is 40.2 Å². The summed E-state index contributed by atoms with van der Waals surface area (Å²) in [5.74, 6) is 2.62. The number of carboxylic acid groups (broad SMARTS) is 1. The number of aromatic nitrogens is 1. The maximum atomic E-state index is 11.0. The van der Waals surface area contributed by atoms with Gasteiger partial charge in [0.25, 0.3) is 0 Å². The summed E-state index contributed by atoms with van der Waals surface area (Å²) in [4.78, 5) is 15.7. The fourth-order valence-electron chi connectivity index (χ4n) is 2.01. The Morgan fingerprint density at radius 1 is 1.35 bits per heavy atom. The minimum absolute atomic E-state index is 0.305. The molecule has 0 bridgehead atoms. The van der Waals surface area contributed by atoms with Gasteiger partial charge in [-0.15, -0.1) is 23.1 Å². The molecule has 0 amide bonds. The highest BCUT2D eigenvalue weighted by Crippen LogP contribution is 2.39. The second kappa shape index (κ2) is 6.20. The largest absolute Gasteiger partial charge is 0.478 e. The molecule has 1 saturated heterocycles. The number of thiazole rings is 1. The Bertz CT molecular complexity index is 620. The molecule has 0 radical (unpaired) electrons. The minimum atomic E-state index is -0.901. The van der Waals surface area contributed by atoms with E-state index in [4.69, 9.17) is 10.1 Å². The normalized spacial score (nSPS) is 18.9. The Labute approximate surface area is 129 Å². The molecule has 1 fully saturated rings. The highest BCUT2D eigenvalue weighted by Gasteiger charge is 2.20. The van der Waals surface area contributed by atoms with Crippen LogP contribution < -0.4 is 0 Å². The second-order valence-corrected chi connectivity index (χ2v) is 7.74. The Kier molecular flexibility index (Phi) is 4.33. The first-order chi connectivity index (χ1) is 9.74. The Morgan fingerprint density at radius 2 is 2.25 bits per heavy atom. The number of aromatic carboxylic acids is 1. The van der Waals surface area contributed by atoms with Gasteiger partial charge in [-0.2, -0.15) is 11.8 Å². The van der Waals surface area contributed by atoms with Gasteiger partial charge in [-0.3, -0.25) is 0 Å². The van der Waals surface area contributed by atoms with Crippen molar-refractivity contribution >= 4 is 40.8 Å². The van der Waals surface area contributed by atoms with Crippen LogP contribution in [0.3, 0.4) is 0 Å². The predicted octanol–water partition coefficient (Wildman–Crippen LogP) is 4.03. The van der Waals surface area contributed by atoms with Crippen molar-refractivity contribution in [3.8, 4) is 11.3 Å². The Balaban J connectivity index is 1.85. The molecular formula is C14H13NO2S3. The molecule has 6 heteroatoms. The third-order valence-electron chi connectivity index (χ3n) is 3.02. The molecule has 0 spiro atoms. The zero-order chi connectivity index (χ0) is 13.9. The summed E-state index contributed by atoms with van der Waals surface area (Å²) in [5.41, 5.74) is 2.06. The van der Waals surface area contributed by atoms with Crippen LogP contribution in [0.2, 0.25) is 0 Å². The number of rotatable bonds is 3. The van der Waals surface area contributed by atoms with E-state index in [0.29, 0.717) is 10.8 Å². The number of benzene rings is 1. The van der Waals surface area contributed by atoms with Crippen LogP contribution in [0.5, 0.6) is 0 Å². The third kappa shape index (κ3) is 3.02. The van der Waals surface area contributed by atoms with Crippen LogP contribution in [-0.2, 0) is 0 Å². The van der Waals surface area contributed by atoms with Crippen LogP contribution in [0.1, 0.15) is 20.6 Å². The first-order valence-corrected chi connectivity index (χ1v) is 9.31. The Hall–Kier alpha value is -0.980. The monoisotopic (exact) mass is 323 g/mol. The van der Waals surface area contributed by atoms with E-state index in [9.17, 15) is 4.79 Å². The Morgan fingerprint density at radius 3 is 3.00 bits per heavy atom. The van der Waals surface area contributed by atoms with E-state index >= 15 is 0 Å². The van der Waals surface area contributed by atoms with Gasteiger partial charge in [-0.25, -0.2) is 9.78 Å². The van der Waals surface area contributed by atoms with E-state index < -0.39 is 5.97 Å². The number of thioether (sulfide) groups is 2. The van der Waals surface area contributed by atoms with Crippen molar-refractivity contribution in [3.63, 3.8) is 0 Å². The molecule has 3 rings (SSSR count). The minimum Gasteiger partial charge on any atom is -0.478 e. The van der Waals surface area contributed by atoms with Crippen molar-refractivity contribution in [2.75, 3.05) is 17.3 Å². The number of hydrogen-bond acceptors (Lipinski definition) is 5. The molecule has 0 aliphatic carbocycles. The van der Waals surface area contributed by atoms with Gasteiger partial charge in [-0.1, -0.05) is 12.1 Å². The third-order valence-corrected chi connectivity index (χ3v) is 6.89. The maximum absolute atomic E-state index is 11.0. The van der Waals surface area contributed by atoms with Gasteiger partial charge >= 0.3 is 5.97 Å². The topological polar surface area (TPSA) is 50.2 Å². The molecule has 1 aliphatic heterocycles. The van der Waals surface area contributed by atoms with Crippen LogP contribution in [0.15, 0.2) is 29.6 Å². The van der Waals surface area contributed by atoms with Crippen molar-refractivity contribution in [1.82, 2.24) is 4.98 Å². The summed E-state index contributed by atoms with van der Waals surface area (Å²) in [5, 5.41) is 12.7. The van der Waals surface area contributed by atoms with Gasteiger partial charge in [0.1, 0.15) is 5.01 Å². The molecule has 3 nitrogen and oxygen atoms in total. The number of carboxylic acids is 1. The molecule has 20 heavy (non-hydrogen) atoms. The standard InChI is InChI=1S/C14H13NO2S3/c16-14(17)10-3-1-2-9(6-10)11-7-20-13(15-11)12-8-18-4-5-19-12/h1-3,6-7,12H,4-5,8H2,(H,16,17). The summed E-state index contributed by atoms with van der Waals surface area (Å²) >= 11 is 5.62. The summed E-state index contributed by atoms with van der Waals surface area (Å²) in [6.07, 6.45) is 0. The lowest BCUT2D eigenvalue weighted by molar-refractivity contribution is 0.0697. The van der Waals surface area contributed by atoms with Crippen molar-refractivity contribution in [2.24, 2.45) is 0 Å². The maximum Gasteiger partial charge on any atom is 0.335 e. The lowest BCUT2D eigenvalue weighted by Gasteiger charge is -2.18. The average molecular weight is 323 g/mol. The van der Waals surface area contributed by atoms with E-state index in [1.54, 1.807) is 29.5 Å². The first kappa shape index (κ1) is 14.0. The van der Waals surface area contributed by atoms with Crippen molar-refractivity contribution in [2.45, 2.75) is 5.25 Å². The smallest absolute Gasteiger partial charge is 0.335 e. The lowest BCUT2D eigenvalue weighted by atomic mass is 10.1. The molecule has 1 aromatic heterocycles. The summed E-state index contributed by atoms with van der Waals surface area (Å²) in [6, 6.07) is 6.97. The zero-order valence-corrected chi connectivity index (χ0v) is 13.1. The average Bonchev–Trinajstić information content (AvgIpc) is 2.98. The number of nitrogens with zero attached hydrogens (tertiary/aromatic N) is 1. The molecule has 104 valence electrons. The number of carbonyl (C=O) groups is 1. The summed E-state index contributed by atoms with van der Waals surface area (Å²) in [6.45, 7) is 0. The van der Waals surface area contributed by atoms with Gasteiger partial charge in [0.15, 0.2) is 0 Å². The van der Waals surface area contributed by atoms with Crippen LogP contribution in [0, 0.1) is 0 Å². The van der Waals surface area contributed by atoms with E-state index in [-0.39, 0.29) is 0 Å². The fraction of sp³-hybridized carbons (Fsp3) is 0.286. The van der Waals surface area contributed by atoms with E-state index in [2.05, 4.69) is 0 Å². The van der Waals surface area contributed by atoms with Crippen LogP contribution in [0.4, 0.5) is 0 Å². The van der Waals surface area contributed by atoms with Gasteiger partial charge in [0.2, 0.25) is 0 Å². The van der Waals surface area contributed by atoms with E-state index in [1.165, 1.54) is 11.5 Å². The van der Waals surface area contributed by atoms with Crippen LogP contribution >= 0.6 is 34.9 Å². The molecule has 2 aromatic rings. The molecule has 1 unspecified atom stereocenters. The van der Waals surface area contributed by atoms with Gasteiger partial charge in [0.05, 0.1) is 16.5 Å². The summed E-state index contributed by atoms with van der Waals surface area (Å²) in [7, 11) is 0. The van der Waals surface area contributed by atoms with Gasteiger partial charge < -0.3 is 5.11 Å². The first-order valence-electron chi connectivity index (χ1n) is 6.22. The second-order valence-electron chi connectivity index (χ2n) is 4.39. The quantitative estimate of drug-likeness (QED) is 0.924. The highest BCUT2D eigenvalue weighted by atomic mass is 32.2. The summed E-state index contributed by atoms with van der Waals surface area (Å²) < 4.78 is 0. The van der Waals surface area contributed by atoms with Crippen molar-refractivity contribution < 1.29 is 9.90 Å². The van der Waals surface area contributed by atoms with E-state index in [1.807, 2.05) is 35.0 Å². The zero-order valence-electron chi connectivity index (χ0n) is 10.6. The van der Waals surface area contributed by atoms with Crippen molar-refractivity contribution in [1.29, 1.82) is 0 Å². The van der Waals surface area contributed by atoms with E-state index in [0.717, 1.165) is 22.0 Å². The molecule has 2 heterocycles. The van der Waals surface area contributed by atoms with Gasteiger partial charge in [-0.05, 0) is 12.1 Å². The molecular weight excluding hydrogens is 310 g/mol. The molecule has 1 N–H and O–H groups in total. The molecule has 1 aromatic carbocycles. The molecule has 1 atom stereocenters. The lowest BCUT2D eigenvalue weighted by Crippen LogP contribution is -2.06. The number of hydrogen-bond donors (Lipinski definition) is 1. The molecule has 0 saturated carbocycles. The van der Waals surface area contributed by atoms with Crippen LogP contribution in [0.25, 0.3) is 11.3 Å². The molecule has 1 aliphatic rings. The SMILES string of the molecule is O=C(O)c1cccc(-c2csc(C3CSCCS3)n2)c1. The van der Waals surface area contributed by atoms with Crippen LogP contribution in [-0.4, -0.2) is 33.3 Å². The highest BCUT2D eigenvalue weighted by molar-refractivity contribution is 8.06.